The number of hydrogen-bond acceptors (Lipinski definition) is 4. The standard InChI is InChI=1S/C26H33N3O3S2/c1-6-16-29(17-7-2)34(31,32)24-14-12-23(13-15-24)27-26(33)28-25(30)20(5)22-10-8-21(9-11-22)18-19(3)4/h6-15,19-20H,1-2,16-18H2,3-5H3,(H2,27,28,30,33). The van der Waals surface area contributed by atoms with Crippen LogP contribution in [0.15, 0.2) is 78.7 Å². The summed E-state index contributed by atoms with van der Waals surface area (Å²) in [6.45, 7) is 13.8. The third-order valence-corrected chi connectivity index (χ3v) is 7.22. The smallest absolute Gasteiger partial charge is 0.243 e. The predicted molar refractivity (Wildman–Crippen MR) is 143 cm³/mol. The zero-order valence-corrected chi connectivity index (χ0v) is 21.6. The highest BCUT2D eigenvalue weighted by atomic mass is 32.2. The van der Waals surface area contributed by atoms with Crippen molar-refractivity contribution in [1.29, 1.82) is 0 Å². The van der Waals surface area contributed by atoms with Gasteiger partial charge in [0.05, 0.1) is 10.8 Å². The van der Waals surface area contributed by atoms with E-state index >= 15 is 0 Å². The first kappa shape index (κ1) is 27.4. The van der Waals surface area contributed by atoms with Crippen LogP contribution in [0.4, 0.5) is 5.69 Å². The number of sulfonamides is 1. The van der Waals surface area contributed by atoms with Crippen molar-refractivity contribution in [2.45, 2.75) is 38.0 Å². The predicted octanol–water partition coefficient (Wildman–Crippen LogP) is 4.86. The lowest BCUT2D eigenvalue weighted by Gasteiger charge is -2.19. The van der Waals surface area contributed by atoms with E-state index in [-0.39, 0.29) is 34.9 Å². The Labute approximate surface area is 208 Å². The Kier molecular flexibility index (Phi) is 10.2. The summed E-state index contributed by atoms with van der Waals surface area (Å²) >= 11 is 5.27. The van der Waals surface area contributed by atoms with Gasteiger partial charge in [-0.05, 0) is 66.9 Å². The molecule has 34 heavy (non-hydrogen) atoms. The molecule has 1 unspecified atom stereocenters. The maximum absolute atomic E-state index is 12.8. The Bertz CT molecular complexity index is 1100. The molecule has 0 aliphatic heterocycles. The maximum atomic E-state index is 12.8. The molecule has 0 saturated carbocycles. The Morgan fingerprint density at radius 3 is 2.06 bits per heavy atom. The Morgan fingerprint density at radius 1 is 1.00 bits per heavy atom. The van der Waals surface area contributed by atoms with Gasteiger partial charge in [-0.25, -0.2) is 8.42 Å². The van der Waals surface area contributed by atoms with Gasteiger partial charge < -0.3 is 10.6 Å². The van der Waals surface area contributed by atoms with Crippen molar-refractivity contribution < 1.29 is 13.2 Å². The molecule has 6 nitrogen and oxygen atoms in total. The number of hydrogen-bond donors (Lipinski definition) is 2. The van der Waals surface area contributed by atoms with E-state index in [1.165, 1.54) is 34.2 Å². The zero-order valence-electron chi connectivity index (χ0n) is 20.0. The highest BCUT2D eigenvalue weighted by Gasteiger charge is 2.22. The molecule has 1 amide bonds. The fourth-order valence-electron chi connectivity index (χ4n) is 3.37. The van der Waals surface area contributed by atoms with Gasteiger partial charge >= 0.3 is 0 Å². The fraction of sp³-hybridized carbons (Fsp3) is 0.308. The third-order valence-electron chi connectivity index (χ3n) is 5.17. The van der Waals surface area contributed by atoms with Crippen molar-refractivity contribution in [3.05, 3.63) is 85.0 Å². The molecule has 0 bridgehead atoms. The molecule has 0 heterocycles. The number of nitrogens with zero attached hydrogens (tertiary/aromatic N) is 1. The summed E-state index contributed by atoms with van der Waals surface area (Å²) in [5.41, 5.74) is 2.71. The molecule has 0 saturated heterocycles. The number of rotatable bonds is 11. The molecule has 2 aromatic carbocycles. The molecule has 2 N–H and O–H groups in total. The quantitative estimate of drug-likeness (QED) is 0.341. The zero-order chi connectivity index (χ0) is 25.3. The van der Waals surface area contributed by atoms with Crippen LogP contribution in [0.1, 0.15) is 37.8 Å². The molecule has 2 aromatic rings. The van der Waals surface area contributed by atoms with Crippen LogP contribution in [0.25, 0.3) is 0 Å². The molecule has 0 radical (unpaired) electrons. The van der Waals surface area contributed by atoms with Crippen molar-refractivity contribution in [2.75, 3.05) is 18.4 Å². The lowest BCUT2D eigenvalue weighted by Crippen LogP contribution is -2.36. The van der Waals surface area contributed by atoms with Gasteiger partial charge in [0, 0.05) is 18.8 Å². The Morgan fingerprint density at radius 2 is 1.56 bits per heavy atom. The van der Waals surface area contributed by atoms with E-state index in [1.807, 2.05) is 19.1 Å². The number of anilines is 1. The molecule has 8 heteroatoms. The van der Waals surface area contributed by atoms with Gasteiger partial charge in [-0.2, -0.15) is 4.31 Å². The summed E-state index contributed by atoms with van der Waals surface area (Å²) in [6, 6.07) is 14.2. The van der Waals surface area contributed by atoms with Gasteiger partial charge in [-0.3, -0.25) is 4.79 Å². The van der Waals surface area contributed by atoms with Gasteiger partial charge in [-0.1, -0.05) is 50.3 Å². The van der Waals surface area contributed by atoms with Gasteiger partial charge in [0.15, 0.2) is 5.11 Å². The topological polar surface area (TPSA) is 78.5 Å². The first-order valence-corrected chi connectivity index (χ1v) is 13.0. The normalized spacial score (nSPS) is 12.3. The van der Waals surface area contributed by atoms with E-state index in [9.17, 15) is 13.2 Å². The lowest BCUT2D eigenvalue weighted by atomic mass is 9.96. The summed E-state index contributed by atoms with van der Waals surface area (Å²) in [4.78, 5) is 12.8. The summed E-state index contributed by atoms with van der Waals surface area (Å²) in [7, 11) is -3.68. The van der Waals surface area contributed by atoms with E-state index in [0.29, 0.717) is 11.6 Å². The van der Waals surface area contributed by atoms with Crippen LogP contribution in [-0.4, -0.2) is 36.8 Å². The number of nitrogens with one attached hydrogen (secondary N) is 2. The fourth-order valence-corrected chi connectivity index (χ4v) is 4.97. The van der Waals surface area contributed by atoms with Crippen molar-refractivity contribution >= 4 is 38.9 Å². The highest BCUT2D eigenvalue weighted by molar-refractivity contribution is 7.89. The first-order valence-electron chi connectivity index (χ1n) is 11.1. The highest BCUT2D eigenvalue weighted by Crippen LogP contribution is 2.20. The molecule has 0 aromatic heterocycles. The second-order valence-corrected chi connectivity index (χ2v) is 10.8. The number of amides is 1. The first-order chi connectivity index (χ1) is 16.1. The molecule has 1 atom stereocenters. The molecule has 0 aliphatic rings. The number of benzene rings is 2. The SMILES string of the molecule is C=CCN(CC=C)S(=O)(=O)c1ccc(NC(=S)NC(=O)C(C)c2ccc(CC(C)C)cc2)cc1. The van der Waals surface area contributed by atoms with Crippen LogP contribution in [0.3, 0.4) is 0 Å². The van der Waals surface area contributed by atoms with Crippen molar-refractivity contribution in [3.63, 3.8) is 0 Å². The summed E-state index contributed by atoms with van der Waals surface area (Å²) in [6.07, 6.45) is 4.05. The monoisotopic (exact) mass is 499 g/mol. The van der Waals surface area contributed by atoms with Gasteiger partial charge in [-0.15, -0.1) is 13.2 Å². The van der Waals surface area contributed by atoms with Gasteiger partial charge in [0.2, 0.25) is 15.9 Å². The van der Waals surface area contributed by atoms with E-state index in [0.717, 1.165) is 12.0 Å². The Hall–Kier alpha value is -2.81. The van der Waals surface area contributed by atoms with E-state index in [2.05, 4.69) is 49.8 Å². The number of carbonyl (C=O) groups is 1. The third kappa shape index (κ3) is 7.62. The molecule has 0 spiro atoms. The van der Waals surface area contributed by atoms with E-state index < -0.39 is 10.0 Å². The molecule has 0 fully saturated rings. The minimum absolute atomic E-state index is 0.142. The molecule has 2 rings (SSSR count). The van der Waals surface area contributed by atoms with Crippen molar-refractivity contribution in [3.8, 4) is 0 Å². The minimum atomic E-state index is -3.68. The van der Waals surface area contributed by atoms with Crippen LogP contribution in [0.2, 0.25) is 0 Å². The Balaban J connectivity index is 1.99. The van der Waals surface area contributed by atoms with Crippen LogP contribution < -0.4 is 10.6 Å². The molecule has 182 valence electrons. The summed E-state index contributed by atoms with van der Waals surface area (Å²) in [5, 5.41) is 5.77. The van der Waals surface area contributed by atoms with Gasteiger partial charge in [0.25, 0.3) is 0 Å². The van der Waals surface area contributed by atoms with E-state index in [4.69, 9.17) is 12.2 Å². The van der Waals surface area contributed by atoms with E-state index in [1.54, 1.807) is 12.1 Å². The average Bonchev–Trinajstić information content (AvgIpc) is 2.78. The molecule has 0 aliphatic carbocycles. The van der Waals surface area contributed by atoms with Crippen molar-refractivity contribution in [2.24, 2.45) is 5.92 Å². The molecular weight excluding hydrogens is 466 g/mol. The number of thiocarbonyl (C=S) groups is 1. The second-order valence-electron chi connectivity index (χ2n) is 8.43. The molecular formula is C26H33N3O3S2. The maximum Gasteiger partial charge on any atom is 0.243 e. The van der Waals surface area contributed by atoms with Crippen LogP contribution >= 0.6 is 12.2 Å². The average molecular weight is 500 g/mol. The van der Waals surface area contributed by atoms with Crippen LogP contribution in [0, 0.1) is 5.92 Å². The largest absolute Gasteiger partial charge is 0.332 e. The van der Waals surface area contributed by atoms with Crippen molar-refractivity contribution in [1.82, 2.24) is 9.62 Å². The summed E-state index contributed by atoms with van der Waals surface area (Å²) < 4.78 is 26.9. The minimum Gasteiger partial charge on any atom is -0.332 e. The van der Waals surface area contributed by atoms with Gasteiger partial charge in [0.1, 0.15) is 0 Å². The van der Waals surface area contributed by atoms with Crippen LogP contribution in [0.5, 0.6) is 0 Å². The second kappa shape index (κ2) is 12.6. The number of carbonyl (C=O) groups excluding carboxylic acids is 1. The lowest BCUT2D eigenvalue weighted by molar-refractivity contribution is -0.120. The summed E-state index contributed by atoms with van der Waals surface area (Å²) in [5.74, 6) is -0.0266. The van der Waals surface area contributed by atoms with Crippen LogP contribution in [-0.2, 0) is 21.2 Å².